The monoisotopic (exact) mass is 198 g/mol. The van der Waals surface area contributed by atoms with Gasteiger partial charge in [0.25, 0.3) is 0 Å². The third kappa shape index (κ3) is 1.46. The van der Waals surface area contributed by atoms with Crippen LogP contribution in [0.3, 0.4) is 0 Å². The lowest BCUT2D eigenvalue weighted by Crippen LogP contribution is -2.25. The maximum Gasteiger partial charge on any atom is 0.107 e. The third-order valence-electron chi connectivity index (χ3n) is 2.51. The largest absolute Gasteiger partial charge is 0.390 e. The van der Waals surface area contributed by atoms with E-state index < -0.39 is 12.2 Å². The quantitative estimate of drug-likeness (QED) is 0.666. The van der Waals surface area contributed by atoms with Gasteiger partial charge in [0, 0.05) is 10.6 Å². The Labute approximate surface area is 81.8 Å². The normalized spacial score (nSPS) is 27.0. The molecular formula is C10H11ClO2. The molecule has 0 bridgehead atoms. The highest BCUT2D eigenvalue weighted by Crippen LogP contribution is 2.34. The Hall–Kier alpha value is -0.570. The molecule has 1 aliphatic carbocycles. The summed E-state index contributed by atoms with van der Waals surface area (Å²) in [7, 11) is 0. The number of aliphatic hydroxyl groups excluding tert-OH is 2. The minimum Gasteiger partial charge on any atom is -0.390 e. The van der Waals surface area contributed by atoms with Crippen LogP contribution in [-0.2, 0) is 6.42 Å². The van der Waals surface area contributed by atoms with Crippen molar-refractivity contribution < 1.29 is 10.2 Å². The number of hydrogen-bond donors (Lipinski definition) is 2. The molecule has 0 unspecified atom stereocenters. The first-order valence-electron chi connectivity index (χ1n) is 4.33. The summed E-state index contributed by atoms with van der Waals surface area (Å²) in [6, 6.07) is 5.55. The van der Waals surface area contributed by atoms with Crippen LogP contribution in [0.25, 0.3) is 0 Å². The first-order chi connectivity index (χ1) is 6.20. The van der Waals surface area contributed by atoms with E-state index in [1.807, 2.05) is 12.1 Å². The molecule has 2 N–H and O–H groups in total. The topological polar surface area (TPSA) is 40.5 Å². The average Bonchev–Trinajstić information content (AvgIpc) is 2.12. The lowest BCUT2D eigenvalue weighted by molar-refractivity contribution is 0.00656. The molecule has 0 saturated carbocycles. The smallest absolute Gasteiger partial charge is 0.107 e. The van der Waals surface area contributed by atoms with Crippen molar-refractivity contribution in [2.45, 2.75) is 25.0 Å². The molecule has 1 aromatic rings. The van der Waals surface area contributed by atoms with Gasteiger partial charge >= 0.3 is 0 Å². The molecule has 0 aliphatic heterocycles. The van der Waals surface area contributed by atoms with Crippen LogP contribution in [0, 0.1) is 0 Å². The summed E-state index contributed by atoms with van der Waals surface area (Å²) in [4.78, 5) is 0. The molecule has 70 valence electrons. The van der Waals surface area contributed by atoms with Crippen molar-refractivity contribution in [2.75, 3.05) is 0 Å². The van der Waals surface area contributed by atoms with Crippen molar-refractivity contribution in [2.24, 2.45) is 0 Å². The zero-order chi connectivity index (χ0) is 9.42. The van der Waals surface area contributed by atoms with Gasteiger partial charge in [-0.15, -0.1) is 0 Å². The second-order valence-electron chi connectivity index (χ2n) is 3.36. The fraction of sp³-hybridized carbons (Fsp3) is 0.400. The molecule has 0 spiro atoms. The SMILES string of the molecule is O[C@@H]1c2c(Cl)cccc2CC[C@@H]1O. The van der Waals surface area contributed by atoms with Crippen molar-refractivity contribution in [1.29, 1.82) is 0 Å². The van der Waals surface area contributed by atoms with Crippen molar-refractivity contribution in [3.8, 4) is 0 Å². The van der Waals surface area contributed by atoms with Crippen molar-refractivity contribution in [3.05, 3.63) is 34.3 Å². The summed E-state index contributed by atoms with van der Waals surface area (Å²) >= 11 is 5.93. The number of fused-ring (bicyclic) bond motifs is 1. The number of rotatable bonds is 0. The van der Waals surface area contributed by atoms with Gasteiger partial charge in [0.05, 0.1) is 6.10 Å². The van der Waals surface area contributed by atoms with Gasteiger partial charge in [-0.1, -0.05) is 23.7 Å². The molecule has 1 aromatic carbocycles. The molecule has 0 heterocycles. The first kappa shape index (κ1) is 9.00. The second kappa shape index (κ2) is 3.29. The van der Waals surface area contributed by atoms with Crippen LogP contribution < -0.4 is 0 Å². The van der Waals surface area contributed by atoms with E-state index in [1.54, 1.807) is 6.07 Å². The summed E-state index contributed by atoms with van der Waals surface area (Å²) in [5.41, 5.74) is 1.74. The molecule has 0 aromatic heterocycles. The number of hydrogen-bond acceptors (Lipinski definition) is 2. The van der Waals surface area contributed by atoms with Gasteiger partial charge in [-0.25, -0.2) is 0 Å². The van der Waals surface area contributed by atoms with Crippen molar-refractivity contribution in [1.82, 2.24) is 0 Å². The summed E-state index contributed by atoms with van der Waals surface area (Å²) < 4.78 is 0. The minimum absolute atomic E-state index is 0.545. The van der Waals surface area contributed by atoms with E-state index in [4.69, 9.17) is 11.6 Å². The highest BCUT2D eigenvalue weighted by Gasteiger charge is 2.27. The van der Waals surface area contributed by atoms with E-state index >= 15 is 0 Å². The predicted molar refractivity (Wildman–Crippen MR) is 50.7 cm³/mol. The van der Waals surface area contributed by atoms with Gasteiger partial charge in [-0.05, 0) is 24.5 Å². The Bertz CT molecular complexity index is 325. The molecule has 0 fully saturated rings. The molecule has 0 saturated heterocycles. The van der Waals surface area contributed by atoms with E-state index in [1.165, 1.54) is 0 Å². The van der Waals surface area contributed by atoms with Gasteiger partial charge in [0.2, 0.25) is 0 Å². The van der Waals surface area contributed by atoms with Gasteiger partial charge in [-0.3, -0.25) is 0 Å². The number of benzene rings is 1. The highest BCUT2D eigenvalue weighted by atomic mass is 35.5. The zero-order valence-electron chi connectivity index (χ0n) is 7.07. The van der Waals surface area contributed by atoms with Crippen LogP contribution in [0.15, 0.2) is 18.2 Å². The third-order valence-corrected chi connectivity index (χ3v) is 2.84. The van der Waals surface area contributed by atoms with Crippen LogP contribution in [0.1, 0.15) is 23.7 Å². The predicted octanol–water partition coefficient (Wildman–Crippen LogP) is 1.68. The summed E-state index contributed by atoms with van der Waals surface area (Å²) in [6.07, 6.45) is -0.104. The van der Waals surface area contributed by atoms with Gasteiger partial charge < -0.3 is 10.2 Å². The molecule has 2 rings (SSSR count). The average molecular weight is 199 g/mol. The summed E-state index contributed by atoms with van der Waals surface area (Å²) in [5.74, 6) is 0. The van der Waals surface area contributed by atoms with E-state index in [9.17, 15) is 10.2 Å². The van der Waals surface area contributed by atoms with Crippen molar-refractivity contribution in [3.63, 3.8) is 0 Å². The van der Waals surface area contributed by atoms with E-state index in [-0.39, 0.29) is 0 Å². The molecular weight excluding hydrogens is 188 g/mol. The van der Waals surface area contributed by atoms with E-state index in [0.29, 0.717) is 17.0 Å². The van der Waals surface area contributed by atoms with Crippen LogP contribution in [0.5, 0.6) is 0 Å². The molecule has 0 radical (unpaired) electrons. The Morgan fingerprint density at radius 2 is 2.08 bits per heavy atom. The fourth-order valence-electron chi connectivity index (χ4n) is 1.78. The maximum atomic E-state index is 9.68. The highest BCUT2D eigenvalue weighted by molar-refractivity contribution is 6.31. The van der Waals surface area contributed by atoms with Crippen LogP contribution in [0.4, 0.5) is 0 Å². The van der Waals surface area contributed by atoms with Gasteiger partial charge in [0.15, 0.2) is 0 Å². The number of aliphatic hydroxyl groups is 2. The molecule has 13 heavy (non-hydrogen) atoms. The Kier molecular flexibility index (Phi) is 2.28. The Morgan fingerprint density at radius 3 is 2.85 bits per heavy atom. The zero-order valence-corrected chi connectivity index (χ0v) is 7.83. The van der Waals surface area contributed by atoms with E-state index in [0.717, 1.165) is 12.0 Å². The van der Waals surface area contributed by atoms with Crippen LogP contribution in [0.2, 0.25) is 5.02 Å². The van der Waals surface area contributed by atoms with Gasteiger partial charge in [-0.2, -0.15) is 0 Å². The molecule has 0 amide bonds. The number of aryl methyl sites for hydroxylation is 1. The molecule has 3 heteroatoms. The first-order valence-corrected chi connectivity index (χ1v) is 4.71. The summed E-state index contributed by atoms with van der Waals surface area (Å²) in [5, 5.41) is 19.7. The Balaban J connectivity index is 2.51. The molecule has 1 aliphatic rings. The maximum absolute atomic E-state index is 9.68. The minimum atomic E-state index is -0.822. The summed E-state index contributed by atoms with van der Waals surface area (Å²) in [6.45, 7) is 0. The van der Waals surface area contributed by atoms with Crippen LogP contribution >= 0.6 is 11.6 Å². The molecule has 2 atom stereocenters. The lowest BCUT2D eigenvalue weighted by atomic mass is 9.87. The van der Waals surface area contributed by atoms with Crippen molar-refractivity contribution >= 4 is 11.6 Å². The number of halogens is 1. The second-order valence-corrected chi connectivity index (χ2v) is 3.77. The molecule has 2 nitrogen and oxygen atoms in total. The standard InChI is InChI=1S/C10H11ClO2/c11-7-3-1-2-6-4-5-8(12)10(13)9(6)7/h1-3,8,10,12-13H,4-5H2/t8-,10-/m0/s1. The van der Waals surface area contributed by atoms with Crippen LogP contribution in [-0.4, -0.2) is 16.3 Å². The van der Waals surface area contributed by atoms with E-state index in [2.05, 4.69) is 0 Å². The lowest BCUT2D eigenvalue weighted by Gasteiger charge is -2.27. The fourth-order valence-corrected chi connectivity index (χ4v) is 2.09. The Morgan fingerprint density at radius 1 is 1.31 bits per heavy atom. The van der Waals surface area contributed by atoms with Gasteiger partial charge in [0.1, 0.15) is 6.10 Å².